The van der Waals surface area contributed by atoms with Crippen molar-refractivity contribution in [3.63, 3.8) is 0 Å². The van der Waals surface area contributed by atoms with Crippen LogP contribution in [0.1, 0.15) is 26.3 Å². The Balaban J connectivity index is 1.90. The fraction of sp³-hybridized carbons (Fsp3) is 0.562. The normalized spacial score (nSPS) is 14.0. The molecule has 0 unspecified atom stereocenters. The number of likely N-dealkylation sites (N-methyl/N-ethyl adjacent to an activating group) is 1. The number of hydrogen-bond donors (Lipinski definition) is 1. The highest BCUT2D eigenvalue weighted by Gasteiger charge is 2.21. The molecular weight excluding hydrogens is 332 g/mol. The second kappa shape index (κ2) is 6.98. The van der Waals surface area contributed by atoms with Crippen LogP contribution in [0.25, 0.3) is 0 Å². The number of hydrogen-bond acceptors (Lipinski definition) is 5. The summed E-state index contributed by atoms with van der Waals surface area (Å²) in [6.45, 7) is 6.22. The maximum Gasteiger partial charge on any atom is 0.410 e. The van der Waals surface area contributed by atoms with E-state index >= 15 is 0 Å². The summed E-state index contributed by atoms with van der Waals surface area (Å²) >= 11 is 0. The lowest BCUT2D eigenvalue weighted by Crippen LogP contribution is -2.39. The van der Waals surface area contributed by atoms with Crippen LogP contribution in [0.3, 0.4) is 0 Å². The number of nitrogens with one attached hydrogen (secondary N) is 1. The lowest BCUT2D eigenvalue weighted by molar-refractivity contribution is 0.0302. The number of sulfonamides is 1. The first-order chi connectivity index (χ1) is 11.1. The molecule has 2 rings (SSSR count). The van der Waals surface area contributed by atoms with Gasteiger partial charge in [-0.2, -0.15) is 0 Å². The number of benzene rings is 1. The van der Waals surface area contributed by atoms with Crippen LogP contribution in [0.2, 0.25) is 0 Å². The fourth-order valence-electron chi connectivity index (χ4n) is 2.19. The largest absolute Gasteiger partial charge is 0.493 e. The number of rotatable bonds is 5. The lowest BCUT2D eigenvalue weighted by atomic mass is 10.2. The van der Waals surface area contributed by atoms with E-state index in [2.05, 4.69) is 4.72 Å². The van der Waals surface area contributed by atoms with Crippen molar-refractivity contribution in [3.8, 4) is 5.75 Å². The van der Waals surface area contributed by atoms with Gasteiger partial charge in [-0.05, 0) is 44.5 Å². The van der Waals surface area contributed by atoms with Crippen LogP contribution in [0.15, 0.2) is 23.1 Å². The summed E-state index contributed by atoms with van der Waals surface area (Å²) in [4.78, 5) is 13.4. The number of carbonyl (C=O) groups excluding carboxylic acids is 1. The summed E-state index contributed by atoms with van der Waals surface area (Å²) < 4.78 is 37.7. The molecule has 0 aliphatic carbocycles. The Morgan fingerprint density at radius 3 is 2.75 bits per heavy atom. The van der Waals surface area contributed by atoms with Gasteiger partial charge in [-0.25, -0.2) is 17.9 Å². The molecule has 7 nitrogen and oxygen atoms in total. The molecule has 1 aliphatic heterocycles. The Kier molecular flexibility index (Phi) is 5.39. The highest BCUT2D eigenvalue weighted by Crippen LogP contribution is 2.27. The van der Waals surface area contributed by atoms with Crippen molar-refractivity contribution in [1.82, 2.24) is 9.62 Å². The van der Waals surface area contributed by atoms with E-state index in [-0.39, 0.29) is 18.0 Å². The van der Waals surface area contributed by atoms with Crippen molar-refractivity contribution in [1.29, 1.82) is 0 Å². The van der Waals surface area contributed by atoms with E-state index in [1.807, 2.05) is 0 Å². The summed E-state index contributed by atoms with van der Waals surface area (Å²) in [5.74, 6) is 0.735. The molecule has 1 heterocycles. The zero-order chi connectivity index (χ0) is 18.0. The summed E-state index contributed by atoms with van der Waals surface area (Å²) in [7, 11) is -2.06. The number of ether oxygens (including phenoxy) is 2. The van der Waals surface area contributed by atoms with E-state index in [1.165, 1.54) is 11.0 Å². The van der Waals surface area contributed by atoms with E-state index in [0.717, 1.165) is 11.3 Å². The van der Waals surface area contributed by atoms with Crippen LogP contribution in [0, 0.1) is 0 Å². The van der Waals surface area contributed by atoms with E-state index in [0.29, 0.717) is 13.0 Å². The Morgan fingerprint density at radius 1 is 1.38 bits per heavy atom. The van der Waals surface area contributed by atoms with Crippen molar-refractivity contribution in [2.24, 2.45) is 0 Å². The average molecular weight is 356 g/mol. The van der Waals surface area contributed by atoms with Gasteiger partial charge in [0.15, 0.2) is 0 Å². The van der Waals surface area contributed by atoms with Crippen molar-refractivity contribution >= 4 is 16.1 Å². The third kappa shape index (κ3) is 4.85. The van der Waals surface area contributed by atoms with Crippen LogP contribution >= 0.6 is 0 Å². The molecule has 0 spiro atoms. The molecule has 1 N–H and O–H groups in total. The Labute approximate surface area is 143 Å². The minimum Gasteiger partial charge on any atom is -0.493 e. The molecule has 1 aromatic carbocycles. The standard InChI is InChI=1S/C16H24N2O5S/c1-16(2,3)23-15(19)18(4)9-8-17-24(20,21)13-5-6-14-12(11-13)7-10-22-14/h5-6,11,17H,7-10H2,1-4H3. The molecule has 1 aliphatic rings. The summed E-state index contributed by atoms with van der Waals surface area (Å²) in [6.07, 6.45) is 0.219. The molecule has 0 radical (unpaired) electrons. The Hall–Kier alpha value is -1.80. The van der Waals surface area contributed by atoms with E-state index in [4.69, 9.17) is 9.47 Å². The third-order valence-corrected chi connectivity index (χ3v) is 4.87. The first-order valence-electron chi connectivity index (χ1n) is 7.78. The topological polar surface area (TPSA) is 84.9 Å². The summed E-state index contributed by atoms with van der Waals surface area (Å²) in [6, 6.07) is 4.82. The maximum absolute atomic E-state index is 12.3. The molecule has 0 aromatic heterocycles. The second-order valence-corrected chi connectivity index (χ2v) is 8.43. The number of fused-ring (bicyclic) bond motifs is 1. The third-order valence-electron chi connectivity index (χ3n) is 3.42. The molecule has 0 saturated carbocycles. The molecule has 1 aromatic rings. The molecule has 1 amide bonds. The van der Waals surface area contributed by atoms with Gasteiger partial charge in [-0.1, -0.05) is 0 Å². The van der Waals surface area contributed by atoms with Crippen molar-refractivity contribution < 1.29 is 22.7 Å². The van der Waals surface area contributed by atoms with Gasteiger partial charge in [0.25, 0.3) is 0 Å². The molecule has 0 bridgehead atoms. The van der Waals surface area contributed by atoms with Crippen molar-refractivity contribution in [2.45, 2.75) is 37.7 Å². The van der Waals surface area contributed by atoms with Crippen LogP contribution in [0.5, 0.6) is 5.75 Å². The minimum atomic E-state index is -3.62. The smallest absolute Gasteiger partial charge is 0.410 e. The molecular formula is C16H24N2O5S. The summed E-state index contributed by atoms with van der Waals surface area (Å²) in [5.41, 5.74) is 0.306. The molecule has 0 saturated heterocycles. The predicted molar refractivity (Wildman–Crippen MR) is 89.7 cm³/mol. The maximum atomic E-state index is 12.3. The fourth-order valence-corrected chi connectivity index (χ4v) is 3.26. The Morgan fingerprint density at radius 2 is 2.08 bits per heavy atom. The van der Waals surface area contributed by atoms with Crippen molar-refractivity contribution in [2.75, 3.05) is 26.7 Å². The van der Waals surface area contributed by atoms with Crippen LogP contribution in [-0.4, -0.2) is 51.8 Å². The van der Waals surface area contributed by atoms with Crippen LogP contribution < -0.4 is 9.46 Å². The Bertz CT molecular complexity index is 710. The summed E-state index contributed by atoms with van der Waals surface area (Å²) in [5, 5.41) is 0. The van der Waals surface area contributed by atoms with E-state index < -0.39 is 21.7 Å². The molecule has 24 heavy (non-hydrogen) atoms. The molecule has 8 heteroatoms. The zero-order valence-corrected chi connectivity index (χ0v) is 15.3. The highest BCUT2D eigenvalue weighted by atomic mass is 32.2. The predicted octanol–water partition coefficient (Wildman–Crippen LogP) is 1.77. The molecule has 0 atom stereocenters. The SMILES string of the molecule is CN(CCNS(=O)(=O)c1ccc2c(c1)CCO2)C(=O)OC(C)(C)C. The van der Waals surface area contributed by atoms with Gasteiger partial charge in [0.1, 0.15) is 11.4 Å². The van der Waals surface area contributed by atoms with Gasteiger partial charge in [0.05, 0.1) is 11.5 Å². The number of amides is 1. The average Bonchev–Trinajstić information content (AvgIpc) is 2.92. The van der Waals surface area contributed by atoms with E-state index in [1.54, 1.807) is 40.0 Å². The lowest BCUT2D eigenvalue weighted by Gasteiger charge is -2.24. The first-order valence-corrected chi connectivity index (χ1v) is 9.26. The van der Waals surface area contributed by atoms with Gasteiger partial charge in [0.2, 0.25) is 10.0 Å². The molecule has 0 fully saturated rings. The van der Waals surface area contributed by atoms with Gasteiger partial charge in [-0.15, -0.1) is 0 Å². The van der Waals surface area contributed by atoms with Crippen LogP contribution in [0.4, 0.5) is 4.79 Å². The van der Waals surface area contributed by atoms with Gasteiger partial charge < -0.3 is 14.4 Å². The number of nitrogens with zero attached hydrogens (tertiary/aromatic N) is 1. The zero-order valence-electron chi connectivity index (χ0n) is 14.5. The molecule has 134 valence electrons. The van der Waals surface area contributed by atoms with Gasteiger partial charge in [-0.3, -0.25) is 0 Å². The highest BCUT2D eigenvalue weighted by molar-refractivity contribution is 7.89. The van der Waals surface area contributed by atoms with Gasteiger partial charge >= 0.3 is 6.09 Å². The second-order valence-electron chi connectivity index (χ2n) is 6.67. The first kappa shape index (κ1) is 18.5. The van der Waals surface area contributed by atoms with Gasteiger partial charge in [0, 0.05) is 26.6 Å². The minimum absolute atomic E-state index is 0.103. The van der Waals surface area contributed by atoms with Crippen molar-refractivity contribution in [3.05, 3.63) is 23.8 Å². The monoisotopic (exact) mass is 356 g/mol. The van der Waals surface area contributed by atoms with E-state index in [9.17, 15) is 13.2 Å². The number of carbonyl (C=O) groups is 1. The van der Waals surface area contributed by atoms with Crippen LogP contribution in [-0.2, 0) is 21.2 Å². The quantitative estimate of drug-likeness (QED) is 0.869.